The zero-order valence-corrected chi connectivity index (χ0v) is 23.5. The van der Waals surface area contributed by atoms with Gasteiger partial charge in [0.05, 0.1) is 40.7 Å². The number of pyridine rings is 3. The van der Waals surface area contributed by atoms with Crippen molar-refractivity contribution in [1.29, 1.82) is 0 Å². The van der Waals surface area contributed by atoms with Crippen molar-refractivity contribution < 1.29 is 0 Å². The van der Waals surface area contributed by atoms with Crippen LogP contribution >= 0.6 is 0 Å². The van der Waals surface area contributed by atoms with Gasteiger partial charge in [-0.25, -0.2) is 19.8 Å². The molecule has 0 saturated carbocycles. The highest BCUT2D eigenvalue weighted by atomic mass is 14.9. The molecule has 0 aliphatic rings. The lowest BCUT2D eigenvalue weighted by atomic mass is 10.0. The van der Waals surface area contributed by atoms with Gasteiger partial charge in [0.25, 0.3) is 0 Å². The first kappa shape index (κ1) is 26.6. The SMILES string of the molecule is [C-]#[N+]c1ccc(-c2cc(-c3ccccn3)nc(-c3ccc(-c4nc(-c5ccccc5)cc(-c5ccccc5)n4)cn3)c2)cc1. The van der Waals surface area contributed by atoms with E-state index in [4.69, 9.17) is 26.5 Å². The molecule has 4 heterocycles. The van der Waals surface area contributed by atoms with Crippen molar-refractivity contribution in [3.63, 3.8) is 0 Å². The third-order valence-electron chi connectivity index (χ3n) is 7.23. The number of benzene rings is 3. The van der Waals surface area contributed by atoms with E-state index in [-0.39, 0.29) is 0 Å². The first-order chi connectivity index (χ1) is 21.7. The summed E-state index contributed by atoms with van der Waals surface area (Å²) in [6, 6.07) is 43.5. The van der Waals surface area contributed by atoms with Crippen LogP contribution in [-0.4, -0.2) is 24.9 Å². The molecular formula is C38H24N6. The molecular weight excluding hydrogens is 540 g/mol. The number of aromatic nitrogens is 5. The minimum Gasteiger partial charge on any atom is -0.255 e. The Labute approximate surface area is 255 Å². The second-order valence-corrected chi connectivity index (χ2v) is 10.1. The molecule has 7 aromatic rings. The summed E-state index contributed by atoms with van der Waals surface area (Å²) in [4.78, 5) is 27.7. The van der Waals surface area contributed by atoms with Crippen LogP contribution in [-0.2, 0) is 0 Å². The first-order valence-electron chi connectivity index (χ1n) is 14.1. The molecule has 6 heteroatoms. The van der Waals surface area contributed by atoms with Gasteiger partial charge < -0.3 is 0 Å². The number of rotatable bonds is 6. The van der Waals surface area contributed by atoms with E-state index in [0.717, 1.165) is 50.6 Å². The molecule has 0 fully saturated rings. The molecule has 0 unspecified atom stereocenters. The van der Waals surface area contributed by atoms with Gasteiger partial charge in [-0.3, -0.25) is 9.97 Å². The second kappa shape index (κ2) is 11.9. The zero-order chi connectivity index (χ0) is 29.7. The molecule has 4 aromatic heterocycles. The largest absolute Gasteiger partial charge is 0.255 e. The Kier molecular flexibility index (Phi) is 7.18. The van der Waals surface area contributed by atoms with Crippen LogP contribution in [0.2, 0.25) is 0 Å². The van der Waals surface area contributed by atoms with Gasteiger partial charge in [-0.05, 0) is 53.6 Å². The smallest absolute Gasteiger partial charge is 0.187 e. The maximum absolute atomic E-state index is 7.29. The summed E-state index contributed by atoms with van der Waals surface area (Å²) >= 11 is 0. The Bertz CT molecular complexity index is 2030. The molecule has 0 saturated heterocycles. The Morgan fingerprint density at radius 1 is 0.409 bits per heavy atom. The van der Waals surface area contributed by atoms with Crippen molar-refractivity contribution >= 4 is 5.69 Å². The average molecular weight is 565 g/mol. The molecule has 3 aromatic carbocycles. The minimum atomic E-state index is 0.596. The lowest BCUT2D eigenvalue weighted by molar-refractivity contribution is 1.17. The Morgan fingerprint density at radius 2 is 1.00 bits per heavy atom. The Hall–Kier alpha value is -6.32. The van der Waals surface area contributed by atoms with Crippen LogP contribution in [0.25, 0.3) is 72.7 Å². The van der Waals surface area contributed by atoms with Crippen molar-refractivity contribution in [3.05, 3.63) is 157 Å². The topological polar surface area (TPSA) is 68.8 Å². The van der Waals surface area contributed by atoms with Gasteiger partial charge in [-0.15, -0.1) is 0 Å². The average Bonchev–Trinajstić information content (AvgIpc) is 3.12. The van der Waals surface area contributed by atoms with Gasteiger partial charge >= 0.3 is 0 Å². The molecule has 206 valence electrons. The summed E-state index contributed by atoms with van der Waals surface area (Å²) < 4.78 is 0. The first-order valence-corrected chi connectivity index (χ1v) is 14.1. The maximum Gasteiger partial charge on any atom is 0.187 e. The Balaban J connectivity index is 1.30. The van der Waals surface area contributed by atoms with Gasteiger partial charge in [0, 0.05) is 29.1 Å². The molecule has 44 heavy (non-hydrogen) atoms. The summed E-state index contributed by atoms with van der Waals surface area (Å²) in [5.41, 5.74) is 10.0. The van der Waals surface area contributed by atoms with E-state index in [1.807, 2.05) is 109 Å². The van der Waals surface area contributed by atoms with Crippen molar-refractivity contribution in [1.82, 2.24) is 24.9 Å². The fraction of sp³-hybridized carbons (Fsp3) is 0. The summed E-state index contributed by atoms with van der Waals surface area (Å²) in [5.74, 6) is 0.597. The van der Waals surface area contributed by atoms with Crippen LogP contribution in [0, 0.1) is 6.57 Å². The van der Waals surface area contributed by atoms with Crippen LogP contribution < -0.4 is 0 Å². The van der Waals surface area contributed by atoms with E-state index in [1.165, 1.54) is 0 Å². The molecule has 6 nitrogen and oxygen atoms in total. The fourth-order valence-electron chi connectivity index (χ4n) is 4.97. The highest BCUT2D eigenvalue weighted by molar-refractivity contribution is 5.76. The van der Waals surface area contributed by atoms with Crippen LogP contribution in [0.15, 0.2) is 146 Å². The van der Waals surface area contributed by atoms with E-state index in [9.17, 15) is 0 Å². The summed E-state index contributed by atoms with van der Waals surface area (Å²) in [6.45, 7) is 7.29. The molecule has 0 amide bonds. The van der Waals surface area contributed by atoms with E-state index in [0.29, 0.717) is 22.9 Å². The predicted molar refractivity (Wildman–Crippen MR) is 174 cm³/mol. The van der Waals surface area contributed by atoms with Crippen molar-refractivity contribution in [3.8, 4) is 67.8 Å². The number of hydrogen-bond acceptors (Lipinski definition) is 5. The van der Waals surface area contributed by atoms with Crippen molar-refractivity contribution in [2.24, 2.45) is 0 Å². The lowest BCUT2D eigenvalue weighted by Gasteiger charge is -2.11. The van der Waals surface area contributed by atoms with E-state index < -0.39 is 0 Å². The monoisotopic (exact) mass is 564 g/mol. The standard InChI is InChI=1S/C38H24N6/c1-39-31-18-15-26(16-19-31)30-22-36(32-14-8-9-21-40-32)42-37(23-30)33-20-17-29(25-41-33)38-43-34(27-10-4-2-5-11-27)24-35(44-38)28-12-6-3-7-13-28/h2-25H. The Morgan fingerprint density at radius 3 is 1.55 bits per heavy atom. The molecule has 0 radical (unpaired) electrons. The fourth-order valence-corrected chi connectivity index (χ4v) is 4.97. The predicted octanol–water partition coefficient (Wildman–Crippen LogP) is 9.21. The zero-order valence-electron chi connectivity index (χ0n) is 23.5. The number of nitrogens with zero attached hydrogens (tertiary/aromatic N) is 6. The molecule has 0 bridgehead atoms. The van der Waals surface area contributed by atoms with Gasteiger partial charge in [0.1, 0.15) is 0 Å². The van der Waals surface area contributed by atoms with E-state index >= 15 is 0 Å². The van der Waals surface area contributed by atoms with E-state index in [1.54, 1.807) is 12.4 Å². The highest BCUT2D eigenvalue weighted by Crippen LogP contribution is 2.31. The van der Waals surface area contributed by atoms with Gasteiger partial charge in [-0.2, -0.15) is 0 Å². The quantitative estimate of drug-likeness (QED) is 0.188. The van der Waals surface area contributed by atoms with Crippen molar-refractivity contribution in [2.45, 2.75) is 0 Å². The highest BCUT2D eigenvalue weighted by Gasteiger charge is 2.14. The van der Waals surface area contributed by atoms with Gasteiger partial charge in [0.15, 0.2) is 11.5 Å². The molecule has 0 N–H and O–H groups in total. The normalized spacial score (nSPS) is 10.7. The minimum absolute atomic E-state index is 0.596. The lowest BCUT2D eigenvalue weighted by Crippen LogP contribution is -1.97. The van der Waals surface area contributed by atoms with Crippen LogP contribution in [0.5, 0.6) is 0 Å². The molecule has 0 aliphatic heterocycles. The van der Waals surface area contributed by atoms with Crippen LogP contribution in [0.1, 0.15) is 0 Å². The van der Waals surface area contributed by atoms with Crippen LogP contribution in [0.3, 0.4) is 0 Å². The van der Waals surface area contributed by atoms with Crippen LogP contribution in [0.4, 0.5) is 5.69 Å². The third kappa shape index (κ3) is 5.58. The van der Waals surface area contributed by atoms with Crippen molar-refractivity contribution in [2.75, 3.05) is 0 Å². The maximum atomic E-state index is 7.29. The molecule has 0 atom stereocenters. The molecule has 7 rings (SSSR count). The second-order valence-electron chi connectivity index (χ2n) is 10.1. The summed E-state index contributed by atoms with van der Waals surface area (Å²) in [5, 5.41) is 0. The number of hydrogen-bond donors (Lipinski definition) is 0. The summed E-state index contributed by atoms with van der Waals surface area (Å²) in [7, 11) is 0. The van der Waals surface area contributed by atoms with E-state index in [2.05, 4.69) is 34.1 Å². The van der Waals surface area contributed by atoms with Gasteiger partial charge in [0.2, 0.25) is 0 Å². The molecule has 0 spiro atoms. The summed E-state index contributed by atoms with van der Waals surface area (Å²) in [6.07, 6.45) is 3.56. The third-order valence-corrected chi connectivity index (χ3v) is 7.23. The van der Waals surface area contributed by atoms with Gasteiger partial charge in [-0.1, -0.05) is 91.0 Å². The molecule has 0 aliphatic carbocycles.